The molecule has 0 saturated carbocycles. The van der Waals surface area contributed by atoms with E-state index in [0.717, 1.165) is 5.56 Å². The van der Waals surface area contributed by atoms with E-state index in [4.69, 9.17) is 16.3 Å². The Morgan fingerprint density at radius 2 is 2.00 bits per heavy atom. The van der Waals surface area contributed by atoms with Crippen LogP contribution in [0, 0.1) is 10.1 Å². The fourth-order valence-electron chi connectivity index (χ4n) is 2.53. The second kappa shape index (κ2) is 8.51. The summed E-state index contributed by atoms with van der Waals surface area (Å²) >= 11 is 7.41. The number of methoxy groups -OCH3 is 1. The van der Waals surface area contributed by atoms with Gasteiger partial charge in [-0.1, -0.05) is 35.5 Å². The summed E-state index contributed by atoms with van der Waals surface area (Å²) in [6.07, 6.45) is 0. The van der Waals surface area contributed by atoms with E-state index in [1.807, 2.05) is 0 Å². The zero-order valence-corrected chi connectivity index (χ0v) is 16.0. The molecule has 0 spiro atoms. The number of nitro groups is 1. The van der Waals surface area contributed by atoms with Crippen LogP contribution >= 0.6 is 23.4 Å². The number of non-ortho nitro benzene ring substituents is 1. The van der Waals surface area contributed by atoms with Gasteiger partial charge in [-0.15, -0.1) is 0 Å². The lowest BCUT2D eigenvalue weighted by Crippen LogP contribution is -2.25. The Morgan fingerprint density at radius 1 is 1.26 bits per heavy atom. The van der Waals surface area contributed by atoms with Gasteiger partial charge >= 0.3 is 0 Å². The lowest BCUT2D eigenvalue weighted by Gasteiger charge is -2.13. The van der Waals surface area contributed by atoms with Crippen LogP contribution in [0.4, 0.5) is 5.69 Å². The van der Waals surface area contributed by atoms with Crippen LogP contribution in [0.25, 0.3) is 10.9 Å². The minimum Gasteiger partial charge on any atom is -0.383 e. The quantitative estimate of drug-likeness (QED) is 0.256. The molecule has 0 saturated heterocycles. The second-order valence-electron chi connectivity index (χ2n) is 5.72. The number of benzene rings is 2. The topological polar surface area (TPSA) is 87.3 Å². The number of halogens is 1. The van der Waals surface area contributed by atoms with Crippen LogP contribution in [-0.2, 0) is 17.0 Å². The van der Waals surface area contributed by atoms with Crippen molar-refractivity contribution in [1.82, 2.24) is 9.55 Å². The lowest BCUT2D eigenvalue weighted by molar-refractivity contribution is -0.384. The van der Waals surface area contributed by atoms with Gasteiger partial charge in [-0.2, -0.15) is 0 Å². The molecule has 1 aromatic heterocycles. The minimum atomic E-state index is -0.437. The number of hydrogen-bond acceptors (Lipinski definition) is 6. The Hall–Kier alpha value is -2.42. The van der Waals surface area contributed by atoms with Crippen molar-refractivity contribution in [3.63, 3.8) is 0 Å². The molecule has 0 aliphatic carbocycles. The fourth-order valence-corrected chi connectivity index (χ4v) is 3.67. The maximum absolute atomic E-state index is 12.8. The number of nitrogens with zero attached hydrogens (tertiary/aromatic N) is 3. The Morgan fingerprint density at radius 3 is 2.67 bits per heavy atom. The fraction of sp³-hybridized carbons (Fsp3) is 0.222. The van der Waals surface area contributed by atoms with Gasteiger partial charge in [0.05, 0.1) is 29.0 Å². The smallest absolute Gasteiger partial charge is 0.269 e. The second-order valence-corrected chi connectivity index (χ2v) is 7.10. The molecule has 140 valence electrons. The van der Waals surface area contributed by atoms with Crippen LogP contribution in [-0.4, -0.2) is 28.2 Å². The van der Waals surface area contributed by atoms with Crippen molar-refractivity contribution >= 4 is 40.0 Å². The largest absolute Gasteiger partial charge is 0.383 e. The number of aromatic nitrogens is 2. The molecule has 0 fully saturated rings. The van der Waals surface area contributed by atoms with Crippen molar-refractivity contribution in [2.75, 3.05) is 13.7 Å². The van der Waals surface area contributed by atoms with Gasteiger partial charge in [-0.3, -0.25) is 19.5 Å². The van der Waals surface area contributed by atoms with Crippen LogP contribution in [0.15, 0.2) is 52.4 Å². The first-order valence-electron chi connectivity index (χ1n) is 8.05. The predicted molar refractivity (Wildman–Crippen MR) is 106 cm³/mol. The number of nitro benzene ring substituents is 1. The molecule has 0 N–H and O–H groups in total. The van der Waals surface area contributed by atoms with Gasteiger partial charge in [0.1, 0.15) is 0 Å². The average molecular weight is 406 g/mol. The van der Waals surface area contributed by atoms with Crippen molar-refractivity contribution < 1.29 is 9.66 Å². The highest BCUT2D eigenvalue weighted by Crippen LogP contribution is 2.24. The van der Waals surface area contributed by atoms with E-state index < -0.39 is 4.92 Å². The molecule has 1 heterocycles. The molecule has 3 aromatic rings. The number of rotatable bonds is 7. The molecule has 2 aromatic carbocycles. The van der Waals surface area contributed by atoms with Gasteiger partial charge in [0, 0.05) is 30.0 Å². The third-order valence-corrected chi connectivity index (χ3v) is 5.20. The highest BCUT2D eigenvalue weighted by atomic mass is 35.5. The third kappa shape index (κ3) is 4.47. The zero-order chi connectivity index (χ0) is 19.4. The number of fused-ring (bicyclic) bond motifs is 1. The highest BCUT2D eigenvalue weighted by molar-refractivity contribution is 7.98. The van der Waals surface area contributed by atoms with Gasteiger partial charge in [-0.05, 0) is 23.8 Å². The molecular weight excluding hydrogens is 390 g/mol. The molecule has 0 amide bonds. The highest BCUT2D eigenvalue weighted by Gasteiger charge is 2.13. The van der Waals surface area contributed by atoms with E-state index in [-0.39, 0.29) is 11.2 Å². The molecular formula is C18H16ClN3O4S. The maximum Gasteiger partial charge on any atom is 0.269 e. The van der Waals surface area contributed by atoms with Crippen LogP contribution in [0.3, 0.4) is 0 Å². The molecule has 0 radical (unpaired) electrons. The molecule has 0 aliphatic heterocycles. The maximum atomic E-state index is 12.8. The Balaban J connectivity index is 1.93. The Kier molecular flexibility index (Phi) is 6.10. The monoisotopic (exact) mass is 405 g/mol. The molecule has 27 heavy (non-hydrogen) atoms. The van der Waals surface area contributed by atoms with E-state index in [1.165, 1.54) is 23.9 Å². The van der Waals surface area contributed by atoms with Crippen molar-refractivity contribution in [3.8, 4) is 0 Å². The summed E-state index contributed by atoms with van der Waals surface area (Å²) in [5, 5.41) is 12.3. The molecule has 7 nitrogen and oxygen atoms in total. The zero-order valence-electron chi connectivity index (χ0n) is 14.4. The van der Waals surface area contributed by atoms with Crippen molar-refractivity contribution in [1.29, 1.82) is 0 Å². The number of hydrogen-bond donors (Lipinski definition) is 0. The summed E-state index contributed by atoms with van der Waals surface area (Å²) in [5.41, 5.74) is 1.32. The molecule has 0 aliphatic rings. The van der Waals surface area contributed by atoms with Gasteiger partial charge < -0.3 is 4.74 Å². The average Bonchev–Trinajstić information content (AvgIpc) is 2.66. The molecule has 0 atom stereocenters. The van der Waals surface area contributed by atoms with Gasteiger partial charge in [0.2, 0.25) is 0 Å². The summed E-state index contributed by atoms with van der Waals surface area (Å²) in [7, 11) is 1.57. The normalized spacial score (nSPS) is 11.0. The predicted octanol–water partition coefficient (Wildman–Crippen LogP) is 3.90. The first kappa shape index (κ1) is 19.3. The first-order valence-corrected chi connectivity index (χ1v) is 9.41. The van der Waals surface area contributed by atoms with Crippen LogP contribution in [0.2, 0.25) is 5.02 Å². The summed E-state index contributed by atoms with van der Waals surface area (Å²) < 4.78 is 6.68. The van der Waals surface area contributed by atoms with Crippen LogP contribution in [0.5, 0.6) is 0 Å². The lowest BCUT2D eigenvalue weighted by atomic mass is 10.2. The Labute approximate surface area is 164 Å². The van der Waals surface area contributed by atoms with Gasteiger partial charge in [0.15, 0.2) is 5.16 Å². The van der Waals surface area contributed by atoms with Gasteiger partial charge in [-0.25, -0.2) is 4.98 Å². The van der Waals surface area contributed by atoms with E-state index in [1.54, 1.807) is 42.0 Å². The molecule has 0 bridgehead atoms. The minimum absolute atomic E-state index is 0.0409. The SMILES string of the molecule is COCCn1c(SCc2ccc([N+](=O)[O-])cc2)nc2cc(Cl)ccc2c1=O. The van der Waals surface area contributed by atoms with Crippen molar-refractivity contribution in [3.05, 3.63) is 73.5 Å². The standard InChI is InChI=1S/C18H16ClN3O4S/c1-26-9-8-21-17(23)15-7-4-13(19)10-16(15)20-18(21)27-11-12-2-5-14(6-3-12)22(24)25/h2-7,10H,8-9,11H2,1H3. The molecule has 3 rings (SSSR count). The number of ether oxygens (including phenoxy) is 1. The van der Waals surface area contributed by atoms with E-state index in [0.29, 0.717) is 40.0 Å². The van der Waals surface area contributed by atoms with Crippen molar-refractivity contribution in [2.45, 2.75) is 17.5 Å². The van der Waals surface area contributed by atoms with E-state index in [2.05, 4.69) is 4.98 Å². The number of thioether (sulfide) groups is 1. The van der Waals surface area contributed by atoms with E-state index >= 15 is 0 Å². The molecule has 9 heteroatoms. The summed E-state index contributed by atoms with van der Waals surface area (Å²) in [4.78, 5) is 27.7. The summed E-state index contributed by atoms with van der Waals surface area (Å²) in [5.74, 6) is 0.517. The van der Waals surface area contributed by atoms with Crippen LogP contribution < -0.4 is 5.56 Å². The third-order valence-electron chi connectivity index (χ3n) is 3.92. The Bertz CT molecular complexity index is 1040. The molecule has 0 unspecified atom stereocenters. The van der Waals surface area contributed by atoms with Gasteiger partial charge in [0.25, 0.3) is 11.2 Å². The van der Waals surface area contributed by atoms with E-state index in [9.17, 15) is 14.9 Å². The summed E-state index contributed by atoms with van der Waals surface area (Å²) in [6.45, 7) is 0.759. The van der Waals surface area contributed by atoms with Crippen LogP contribution in [0.1, 0.15) is 5.56 Å². The first-order chi connectivity index (χ1) is 13.0. The summed E-state index contributed by atoms with van der Waals surface area (Å²) in [6, 6.07) is 11.3. The van der Waals surface area contributed by atoms with Crippen molar-refractivity contribution in [2.24, 2.45) is 0 Å².